The Balaban J connectivity index is 2.11. The summed E-state index contributed by atoms with van der Waals surface area (Å²) in [5, 5.41) is 6.12. The lowest BCUT2D eigenvalue weighted by Crippen LogP contribution is -2.39. The average molecular weight is 342 g/mol. The number of nitrogens with one attached hydrogen (secondary N) is 2. The maximum absolute atomic E-state index is 11.9. The monoisotopic (exact) mass is 341 g/mol. The van der Waals surface area contributed by atoms with E-state index in [0.717, 1.165) is 28.6 Å². The Kier molecular flexibility index (Phi) is 4.42. The highest BCUT2D eigenvalue weighted by Gasteiger charge is 2.26. The van der Waals surface area contributed by atoms with Crippen molar-refractivity contribution in [2.75, 3.05) is 5.32 Å². The molecule has 0 heterocycles. The third-order valence-corrected chi connectivity index (χ3v) is 3.81. The van der Waals surface area contributed by atoms with Crippen molar-refractivity contribution in [1.29, 1.82) is 0 Å². The van der Waals surface area contributed by atoms with E-state index in [1.165, 1.54) is 0 Å². The number of rotatable bonds is 5. The van der Waals surface area contributed by atoms with Gasteiger partial charge in [0.2, 0.25) is 5.91 Å². The molecule has 1 saturated carbocycles. The average Bonchev–Trinajstić information content (AvgIpc) is 3.12. The van der Waals surface area contributed by atoms with Crippen LogP contribution in [0.1, 0.15) is 25.3 Å². The van der Waals surface area contributed by atoms with Crippen molar-refractivity contribution in [1.82, 2.24) is 5.32 Å². The molecule has 19 heavy (non-hydrogen) atoms. The lowest BCUT2D eigenvalue weighted by molar-refractivity contribution is -0.121. The van der Waals surface area contributed by atoms with Crippen molar-refractivity contribution in [3.05, 3.63) is 28.2 Å². The van der Waals surface area contributed by atoms with Gasteiger partial charge in [0.1, 0.15) is 11.0 Å². The van der Waals surface area contributed by atoms with E-state index in [2.05, 4.69) is 26.6 Å². The second kappa shape index (κ2) is 5.88. The molecule has 4 N–H and O–H groups in total. The number of anilines is 1. The molecule has 4 nitrogen and oxygen atoms in total. The van der Waals surface area contributed by atoms with Crippen LogP contribution in [0.25, 0.3) is 0 Å². The van der Waals surface area contributed by atoms with Crippen LogP contribution >= 0.6 is 28.1 Å². The summed E-state index contributed by atoms with van der Waals surface area (Å²) in [7, 11) is 0. The smallest absolute Gasteiger partial charge is 0.242 e. The zero-order valence-electron chi connectivity index (χ0n) is 10.6. The van der Waals surface area contributed by atoms with E-state index in [1.54, 1.807) is 0 Å². The molecule has 6 heteroatoms. The summed E-state index contributed by atoms with van der Waals surface area (Å²) < 4.78 is 0.819. The first-order valence-corrected chi connectivity index (χ1v) is 7.34. The minimum absolute atomic E-state index is 0.00337. The van der Waals surface area contributed by atoms with Crippen LogP contribution in [0, 0.1) is 0 Å². The maximum Gasteiger partial charge on any atom is 0.242 e. The zero-order chi connectivity index (χ0) is 14.0. The molecule has 1 unspecified atom stereocenters. The predicted octanol–water partition coefficient (Wildman–Crippen LogP) is 2.16. The number of thiocarbonyl (C=S) groups is 1. The Morgan fingerprint density at radius 3 is 2.79 bits per heavy atom. The van der Waals surface area contributed by atoms with Gasteiger partial charge < -0.3 is 16.4 Å². The van der Waals surface area contributed by atoms with Gasteiger partial charge in [-0.2, -0.15) is 0 Å². The fourth-order valence-electron chi connectivity index (χ4n) is 1.75. The van der Waals surface area contributed by atoms with Crippen molar-refractivity contribution in [2.24, 2.45) is 5.73 Å². The molecule has 1 aliphatic rings. The quantitative estimate of drug-likeness (QED) is 0.718. The molecule has 2 rings (SSSR count). The topological polar surface area (TPSA) is 67.1 Å². The second-order valence-electron chi connectivity index (χ2n) is 4.68. The van der Waals surface area contributed by atoms with E-state index >= 15 is 0 Å². The fraction of sp³-hybridized carbons (Fsp3) is 0.385. The highest BCUT2D eigenvalue weighted by atomic mass is 79.9. The van der Waals surface area contributed by atoms with Gasteiger partial charge in [0.15, 0.2) is 0 Å². The molecule has 1 aliphatic carbocycles. The molecule has 1 aromatic rings. The van der Waals surface area contributed by atoms with Crippen LogP contribution in [0.15, 0.2) is 22.7 Å². The van der Waals surface area contributed by atoms with Crippen molar-refractivity contribution in [3.63, 3.8) is 0 Å². The minimum Gasteiger partial charge on any atom is -0.389 e. The number of amides is 1. The van der Waals surface area contributed by atoms with Gasteiger partial charge in [0, 0.05) is 21.8 Å². The minimum atomic E-state index is -0.331. The van der Waals surface area contributed by atoms with Crippen molar-refractivity contribution < 1.29 is 4.79 Å². The summed E-state index contributed by atoms with van der Waals surface area (Å²) in [6.07, 6.45) is 2.15. The largest absolute Gasteiger partial charge is 0.389 e. The van der Waals surface area contributed by atoms with Crippen molar-refractivity contribution >= 4 is 44.7 Å². The summed E-state index contributed by atoms with van der Waals surface area (Å²) in [5.74, 6) is -0.00337. The first kappa shape index (κ1) is 14.3. The van der Waals surface area contributed by atoms with Crippen LogP contribution in [0.5, 0.6) is 0 Å². The SMILES string of the molecule is CC(Nc1cccc(Br)c1C(N)=S)C(=O)NC1CC1. The van der Waals surface area contributed by atoms with E-state index in [0.29, 0.717) is 11.0 Å². The van der Waals surface area contributed by atoms with Crippen LogP contribution in [0.2, 0.25) is 0 Å². The summed E-state index contributed by atoms with van der Waals surface area (Å²) in [5.41, 5.74) is 7.21. The lowest BCUT2D eigenvalue weighted by Gasteiger charge is -2.18. The van der Waals surface area contributed by atoms with Crippen molar-refractivity contribution in [2.45, 2.75) is 31.8 Å². The predicted molar refractivity (Wildman–Crippen MR) is 84.3 cm³/mol. The number of hydrogen-bond donors (Lipinski definition) is 3. The molecule has 0 aliphatic heterocycles. The van der Waals surface area contributed by atoms with Crippen LogP contribution in [0.4, 0.5) is 5.69 Å². The summed E-state index contributed by atoms with van der Waals surface area (Å²) in [4.78, 5) is 12.2. The summed E-state index contributed by atoms with van der Waals surface area (Å²) >= 11 is 8.46. The molecule has 1 aromatic carbocycles. The third-order valence-electron chi connectivity index (χ3n) is 2.95. The lowest BCUT2D eigenvalue weighted by atomic mass is 10.1. The van der Waals surface area contributed by atoms with E-state index < -0.39 is 0 Å². The standard InChI is InChI=1S/C13H16BrN3OS/c1-7(13(18)17-8-5-6-8)16-10-4-2-3-9(14)11(10)12(15)19/h2-4,7-8,16H,5-6H2,1H3,(H2,15,19)(H,17,18). The van der Waals surface area contributed by atoms with E-state index in [9.17, 15) is 4.79 Å². The molecule has 0 radical (unpaired) electrons. The molecular formula is C13H16BrN3OS. The third kappa shape index (κ3) is 3.67. The van der Waals surface area contributed by atoms with Crippen LogP contribution < -0.4 is 16.4 Å². The number of hydrogen-bond acceptors (Lipinski definition) is 3. The van der Waals surface area contributed by atoms with Gasteiger partial charge in [-0.3, -0.25) is 4.79 Å². The molecule has 1 amide bonds. The van der Waals surface area contributed by atoms with E-state index in [-0.39, 0.29) is 11.9 Å². The van der Waals surface area contributed by atoms with Gasteiger partial charge in [-0.05, 0) is 47.8 Å². The van der Waals surface area contributed by atoms with Crippen LogP contribution in [-0.2, 0) is 4.79 Å². The molecule has 0 spiro atoms. The molecule has 102 valence electrons. The fourth-order valence-corrected chi connectivity index (χ4v) is 2.68. The molecule has 1 atom stereocenters. The van der Waals surface area contributed by atoms with Gasteiger partial charge in [-0.15, -0.1) is 0 Å². The molecule has 0 bridgehead atoms. The Labute approximate surface area is 126 Å². The summed E-state index contributed by atoms with van der Waals surface area (Å²) in [6, 6.07) is 5.63. The normalized spacial score (nSPS) is 15.7. The van der Waals surface area contributed by atoms with E-state index in [1.807, 2.05) is 25.1 Å². The first-order chi connectivity index (χ1) is 8.99. The second-order valence-corrected chi connectivity index (χ2v) is 5.97. The molecular weight excluding hydrogens is 326 g/mol. The number of halogens is 1. The highest BCUT2D eigenvalue weighted by Crippen LogP contribution is 2.25. The van der Waals surface area contributed by atoms with Crippen LogP contribution in [-0.4, -0.2) is 23.0 Å². The number of nitrogens with two attached hydrogens (primary N) is 1. The Hall–Kier alpha value is -1.14. The zero-order valence-corrected chi connectivity index (χ0v) is 13.0. The highest BCUT2D eigenvalue weighted by molar-refractivity contribution is 9.10. The van der Waals surface area contributed by atoms with E-state index in [4.69, 9.17) is 18.0 Å². The molecule has 0 aromatic heterocycles. The van der Waals surface area contributed by atoms with Gasteiger partial charge in [-0.25, -0.2) is 0 Å². The Morgan fingerprint density at radius 1 is 1.53 bits per heavy atom. The van der Waals surface area contributed by atoms with Gasteiger partial charge in [-0.1, -0.05) is 18.3 Å². The Morgan fingerprint density at radius 2 is 2.21 bits per heavy atom. The number of carbonyl (C=O) groups is 1. The summed E-state index contributed by atoms with van der Waals surface area (Å²) in [6.45, 7) is 1.82. The molecule has 1 fully saturated rings. The number of carbonyl (C=O) groups excluding carboxylic acids is 1. The first-order valence-electron chi connectivity index (χ1n) is 6.14. The Bertz CT molecular complexity index is 517. The number of benzene rings is 1. The van der Waals surface area contributed by atoms with Gasteiger partial charge in [0.25, 0.3) is 0 Å². The van der Waals surface area contributed by atoms with Gasteiger partial charge >= 0.3 is 0 Å². The van der Waals surface area contributed by atoms with Crippen molar-refractivity contribution in [3.8, 4) is 0 Å². The maximum atomic E-state index is 11.9. The van der Waals surface area contributed by atoms with Crippen LogP contribution in [0.3, 0.4) is 0 Å². The van der Waals surface area contributed by atoms with Gasteiger partial charge in [0.05, 0.1) is 0 Å². The molecule has 0 saturated heterocycles.